The minimum absolute atomic E-state index is 0.0166. The van der Waals surface area contributed by atoms with Crippen molar-refractivity contribution in [2.45, 2.75) is 11.4 Å². The van der Waals surface area contributed by atoms with Crippen molar-refractivity contribution >= 4 is 21.4 Å². The average Bonchev–Trinajstić information content (AvgIpc) is 3.03. The SMILES string of the molecule is O=S(=O)(NCc1nc(-c2cccnc2)cs1)c1ccc(F)cc1. The third-order valence-corrected chi connectivity index (χ3v) is 5.31. The highest BCUT2D eigenvalue weighted by molar-refractivity contribution is 7.89. The molecule has 118 valence electrons. The fraction of sp³-hybridized carbons (Fsp3) is 0.0667. The fourth-order valence-electron chi connectivity index (χ4n) is 1.89. The van der Waals surface area contributed by atoms with Crippen molar-refractivity contribution < 1.29 is 12.8 Å². The zero-order chi connectivity index (χ0) is 16.3. The van der Waals surface area contributed by atoms with Gasteiger partial charge in [-0.3, -0.25) is 4.98 Å². The second-order valence-electron chi connectivity index (χ2n) is 4.65. The summed E-state index contributed by atoms with van der Waals surface area (Å²) in [5, 5.41) is 2.48. The first kappa shape index (κ1) is 15.7. The number of pyridine rings is 1. The molecule has 8 heteroatoms. The summed E-state index contributed by atoms with van der Waals surface area (Å²) in [5.41, 5.74) is 1.62. The third-order valence-electron chi connectivity index (χ3n) is 3.05. The molecule has 0 fully saturated rings. The number of aromatic nitrogens is 2. The van der Waals surface area contributed by atoms with E-state index in [9.17, 15) is 12.8 Å². The van der Waals surface area contributed by atoms with Crippen LogP contribution in [0.15, 0.2) is 59.1 Å². The van der Waals surface area contributed by atoms with E-state index < -0.39 is 15.8 Å². The Labute approximate surface area is 136 Å². The quantitative estimate of drug-likeness (QED) is 0.769. The van der Waals surface area contributed by atoms with E-state index in [0.717, 1.165) is 23.4 Å². The summed E-state index contributed by atoms with van der Waals surface area (Å²) in [4.78, 5) is 8.42. The summed E-state index contributed by atoms with van der Waals surface area (Å²) in [6.45, 7) is 0.0740. The van der Waals surface area contributed by atoms with E-state index in [-0.39, 0.29) is 11.4 Å². The number of halogens is 1. The molecule has 0 unspecified atom stereocenters. The highest BCUT2D eigenvalue weighted by Gasteiger charge is 2.15. The standard InChI is InChI=1S/C15H12FN3O2S2/c16-12-3-5-13(6-4-12)23(20,21)18-9-15-19-14(10-22-15)11-2-1-7-17-8-11/h1-8,10,18H,9H2. The first-order valence-corrected chi connectivity index (χ1v) is 9.01. The molecule has 5 nitrogen and oxygen atoms in total. The lowest BCUT2D eigenvalue weighted by Crippen LogP contribution is -2.23. The molecule has 0 atom stereocenters. The molecule has 0 saturated heterocycles. The molecular weight excluding hydrogens is 337 g/mol. The van der Waals surface area contributed by atoms with Gasteiger partial charge in [0.25, 0.3) is 0 Å². The molecule has 0 aliphatic carbocycles. The molecular formula is C15H12FN3O2S2. The van der Waals surface area contributed by atoms with Gasteiger partial charge < -0.3 is 0 Å². The van der Waals surface area contributed by atoms with Crippen LogP contribution < -0.4 is 4.72 Å². The lowest BCUT2D eigenvalue weighted by Gasteiger charge is -2.04. The maximum atomic E-state index is 12.9. The second kappa shape index (κ2) is 6.53. The summed E-state index contributed by atoms with van der Waals surface area (Å²) in [6, 6.07) is 8.36. The maximum absolute atomic E-state index is 12.9. The molecule has 1 N–H and O–H groups in total. The van der Waals surface area contributed by atoms with E-state index in [2.05, 4.69) is 14.7 Å². The van der Waals surface area contributed by atoms with Gasteiger partial charge in [-0.1, -0.05) is 0 Å². The Morgan fingerprint density at radius 1 is 1.17 bits per heavy atom. The third kappa shape index (κ3) is 3.79. The molecule has 1 aromatic carbocycles. The summed E-state index contributed by atoms with van der Waals surface area (Å²) < 4.78 is 39.6. The van der Waals surface area contributed by atoms with Crippen LogP contribution in [0.2, 0.25) is 0 Å². The second-order valence-corrected chi connectivity index (χ2v) is 7.36. The molecule has 0 saturated carbocycles. The van der Waals surface area contributed by atoms with Crippen molar-refractivity contribution in [1.29, 1.82) is 0 Å². The number of hydrogen-bond donors (Lipinski definition) is 1. The molecule has 3 aromatic rings. The molecule has 0 spiro atoms. The summed E-state index contributed by atoms with van der Waals surface area (Å²) >= 11 is 1.36. The van der Waals surface area contributed by atoms with Crippen molar-refractivity contribution in [2.24, 2.45) is 0 Å². The maximum Gasteiger partial charge on any atom is 0.240 e. The van der Waals surface area contributed by atoms with Crippen LogP contribution in [0.3, 0.4) is 0 Å². The highest BCUT2D eigenvalue weighted by Crippen LogP contribution is 2.21. The van der Waals surface area contributed by atoms with Crippen molar-refractivity contribution in [3.8, 4) is 11.3 Å². The van der Waals surface area contributed by atoms with Gasteiger partial charge in [-0.25, -0.2) is 22.5 Å². The number of nitrogens with one attached hydrogen (secondary N) is 1. The Bertz CT molecular complexity index is 894. The van der Waals surface area contributed by atoms with Crippen molar-refractivity contribution in [1.82, 2.24) is 14.7 Å². The van der Waals surface area contributed by atoms with Gasteiger partial charge >= 0.3 is 0 Å². The topological polar surface area (TPSA) is 72.0 Å². The van der Waals surface area contributed by atoms with Crippen LogP contribution in [0.4, 0.5) is 4.39 Å². The molecule has 2 aromatic heterocycles. The lowest BCUT2D eigenvalue weighted by molar-refractivity contribution is 0.580. The Hall–Kier alpha value is -2.16. The van der Waals surface area contributed by atoms with Gasteiger partial charge in [0.1, 0.15) is 10.8 Å². The molecule has 0 amide bonds. The first-order valence-electron chi connectivity index (χ1n) is 6.65. The van der Waals surface area contributed by atoms with Crippen LogP contribution in [0.5, 0.6) is 0 Å². The van der Waals surface area contributed by atoms with Gasteiger partial charge in [-0.2, -0.15) is 0 Å². The highest BCUT2D eigenvalue weighted by atomic mass is 32.2. The largest absolute Gasteiger partial charge is 0.264 e. The van der Waals surface area contributed by atoms with E-state index in [4.69, 9.17) is 0 Å². The molecule has 0 aliphatic rings. The Kier molecular flexibility index (Phi) is 4.46. The predicted molar refractivity (Wildman–Crippen MR) is 85.8 cm³/mol. The number of rotatable bonds is 5. The van der Waals surface area contributed by atoms with Gasteiger partial charge in [-0.15, -0.1) is 11.3 Å². The minimum atomic E-state index is -3.69. The number of nitrogens with zero attached hydrogens (tertiary/aromatic N) is 2. The average molecular weight is 349 g/mol. The fourth-order valence-corrected chi connectivity index (χ4v) is 3.71. The Morgan fingerprint density at radius 3 is 2.65 bits per heavy atom. The van der Waals surface area contributed by atoms with Crippen molar-refractivity contribution in [3.05, 3.63) is 65.0 Å². The predicted octanol–water partition coefficient (Wildman–Crippen LogP) is 2.82. The van der Waals surface area contributed by atoms with E-state index >= 15 is 0 Å². The summed E-state index contributed by atoms with van der Waals surface area (Å²) in [7, 11) is -3.69. The summed E-state index contributed by atoms with van der Waals surface area (Å²) in [6.07, 6.45) is 3.37. The zero-order valence-electron chi connectivity index (χ0n) is 11.8. The first-order chi connectivity index (χ1) is 11.0. The molecule has 0 radical (unpaired) electrons. The molecule has 23 heavy (non-hydrogen) atoms. The van der Waals surface area contributed by atoms with Crippen LogP contribution >= 0.6 is 11.3 Å². The monoisotopic (exact) mass is 349 g/mol. The van der Waals surface area contributed by atoms with Gasteiger partial charge in [0.05, 0.1) is 17.1 Å². The molecule has 0 aliphatic heterocycles. The van der Waals surface area contributed by atoms with E-state index in [1.807, 2.05) is 17.5 Å². The van der Waals surface area contributed by atoms with Crippen LogP contribution in [-0.4, -0.2) is 18.4 Å². The summed E-state index contributed by atoms with van der Waals surface area (Å²) in [5.74, 6) is -0.481. The zero-order valence-corrected chi connectivity index (χ0v) is 13.4. The van der Waals surface area contributed by atoms with E-state index in [1.165, 1.54) is 23.5 Å². The van der Waals surface area contributed by atoms with Crippen LogP contribution in [0, 0.1) is 5.82 Å². The number of benzene rings is 1. The van der Waals surface area contributed by atoms with Crippen LogP contribution in [0.25, 0.3) is 11.3 Å². The number of hydrogen-bond acceptors (Lipinski definition) is 5. The van der Waals surface area contributed by atoms with Gasteiger partial charge in [-0.05, 0) is 36.4 Å². The van der Waals surface area contributed by atoms with E-state index in [0.29, 0.717) is 5.01 Å². The van der Waals surface area contributed by atoms with Crippen LogP contribution in [0.1, 0.15) is 5.01 Å². The van der Waals surface area contributed by atoms with Gasteiger partial charge in [0, 0.05) is 23.3 Å². The van der Waals surface area contributed by atoms with Gasteiger partial charge in [0.2, 0.25) is 10.0 Å². The number of thiazole rings is 1. The Morgan fingerprint density at radius 2 is 1.96 bits per heavy atom. The van der Waals surface area contributed by atoms with Crippen molar-refractivity contribution in [2.75, 3.05) is 0 Å². The van der Waals surface area contributed by atoms with E-state index in [1.54, 1.807) is 12.4 Å². The van der Waals surface area contributed by atoms with Crippen LogP contribution in [-0.2, 0) is 16.6 Å². The Balaban J connectivity index is 1.71. The lowest BCUT2D eigenvalue weighted by atomic mass is 10.2. The smallest absolute Gasteiger partial charge is 0.240 e. The van der Waals surface area contributed by atoms with Crippen molar-refractivity contribution in [3.63, 3.8) is 0 Å². The molecule has 3 rings (SSSR count). The molecule has 2 heterocycles. The normalized spacial score (nSPS) is 11.5. The minimum Gasteiger partial charge on any atom is -0.264 e. The number of sulfonamides is 1. The molecule has 0 bridgehead atoms. The van der Waals surface area contributed by atoms with Gasteiger partial charge in [0.15, 0.2) is 0 Å².